The minimum atomic E-state index is -4.63. The molecule has 1 aromatic rings. The van der Waals surface area contributed by atoms with E-state index in [1.54, 1.807) is 0 Å². The molecule has 1 saturated carbocycles. The Morgan fingerprint density at radius 3 is 2.62 bits per heavy atom. The molecule has 3 fully saturated rings. The Morgan fingerprint density at radius 1 is 1.21 bits per heavy atom. The van der Waals surface area contributed by atoms with Gasteiger partial charge in [-0.2, -0.15) is 17.5 Å². The fourth-order valence-corrected chi connectivity index (χ4v) is 7.06. The number of halogens is 3. The Hall–Kier alpha value is -1.89. The van der Waals surface area contributed by atoms with Gasteiger partial charge < -0.3 is 14.7 Å². The second-order valence-electron chi connectivity index (χ2n) is 9.53. The number of hydrogen-bond acceptors (Lipinski definition) is 5. The van der Waals surface area contributed by atoms with Crippen LogP contribution in [0.5, 0.6) is 0 Å². The van der Waals surface area contributed by atoms with Crippen molar-refractivity contribution in [1.29, 1.82) is 0 Å². The lowest BCUT2D eigenvalue weighted by Gasteiger charge is -2.41. The normalized spacial score (nSPS) is 32.5. The molecular weight excluding hydrogens is 475 g/mol. The molecule has 4 rings (SSSR count). The van der Waals surface area contributed by atoms with Crippen molar-refractivity contribution >= 4 is 16.1 Å². The van der Waals surface area contributed by atoms with Crippen molar-refractivity contribution in [2.75, 3.05) is 20.1 Å². The van der Waals surface area contributed by atoms with Gasteiger partial charge in [-0.3, -0.25) is 5.32 Å². The van der Waals surface area contributed by atoms with E-state index in [4.69, 9.17) is 4.74 Å². The van der Waals surface area contributed by atoms with E-state index in [0.717, 1.165) is 31.4 Å². The maximum absolute atomic E-state index is 13.1. The molecule has 0 spiro atoms. The fraction of sp³-hybridized carbons (Fsp3) is 0.682. The van der Waals surface area contributed by atoms with Gasteiger partial charge in [0, 0.05) is 26.2 Å². The number of sulfonamides is 1. The van der Waals surface area contributed by atoms with Crippen LogP contribution >= 0.6 is 0 Å². The summed E-state index contributed by atoms with van der Waals surface area (Å²) in [4.78, 5) is 12.4. The molecule has 0 aromatic heterocycles. The van der Waals surface area contributed by atoms with Gasteiger partial charge in [0.1, 0.15) is 6.23 Å². The van der Waals surface area contributed by atoms with Crippen LogP contribution in [0, 0.1) is 11.8 Å². The Kier molecular flexibility index (Phi) is 6.89. The van der Waals surface area contributed by atoms with Crippen molar-refractivity contribution in [3.8, 4) is 0 Å². The van der Waals surface area contributed by atoms with Crippen LogP contribution in [0.15, 0.2) is 29.2 Å². The Morgan fingerprint density at radius 2 is 1.94 bits per heavy atom. The fourth-order valence-electron chi connectivity index (χ4n) is 5.48. The molecule has 2 N–H and O–H groups in total. The summed E-state index contributed by atoms with van der Waals surface area (Å²) in [5.74, 6) is 0.0481. The number of rotatable bonds is 5. The van der Waals surface area contributed by atoms with Crippen molar-refractivity contribution < 1.29 is 36.2 Å². The Bertz CT molecular complexity index is 1020. The van der Waals surface area contributed by atoms with Gasteiger partial charge in [0.25, 0.3) is 0 Å². The zero-order chi connectivity index (χ0) is 24.8. The van der Waals surface area contributed by atoms with E-state index < -0.39 is 34.1 Å². The van der Waals surface area contributed by atoms with Crippen molar-refractivity contribution in [1.82, 2.24) is 14.5 Å². The summed E-state index contributed by atoms with van der Waals surface area (Å²) in [5.41, 5.74) is -0.996. The first-order chi connectivity index (χ1) is 15.9. The van der Waals surface area contributed by atoms with Crippen LogP contribution in [0.4, 0.5) is 18.0 Å². The van der Waals surface area contributed by atoms with Gasteiger partial charge >= 0.3 is 12.3 Å². The van der Waals surface area contributed by atoms with Crippen LogP contribution < -0.4 is 5.32 Å². The number of nitrogens with one attached hydrogen (secondary N) is 1. The van der Waals surface area contributed by atoms with Gasteiger partial charge in [-0.15, -0.1) is 0 Å². The summed E-state index contributed by atoms with van der Waals surface area (Å²) >= 11 is 0. The number of carboxylic acid groups (broad SMARTS) is 1. The van der Waals surface area contributed by atoms with Gasteiger partial charge in [-0.05, 0) is 62.6 Å². The van der Waals surface area contributed by atoms with E-state index in [-0.39, 0.29) is 48.0 Å². The summed E-state index contributed by atoms with van der Waals surface area (Å²) in [6.07, 6.45) is -3.25. The molecule has 1 aromatic carbocycles. The third-order valence-corrected chi connectivity index (χ3v) is 9.23. The molecule has 2 saturated heterocycles. The third kappa shape index (κ3) is 4.91. The van der Waals surface area contributed by atoms with E-state index in [1.165, 1.54) is 22.3 Å². The highest BCUT2D eigenvalue weighted by Crippen LogP contribution is 2.41. The number of carbonyl (C=O) groups is 1. The Labute approximate surface area is 197 Å². The lowest BCUT2D eigenvalue weighted by Crippen LogP contribution is -2.58. The van der Waals surface area contributed by atoms with Crippen LogP contribution in [-0.4, -0.2) is 73.4 Å². The van der Waals surface area contributed by atoms with Gasteiger partial charge in [-0.25, -0.2) is 13.2 Å². The molecule has 3 unspecified atom stereocenters. The SMILES string of the molecule is CC1CCC(N(C)C(=O)O)C(N[C@H]2CC[C@@H]3CN(S(=O)(=O)c4cccc(C(F)(F)F)c4)C[C@@H]32)O1. The van der Waals surface area contributed by atoms with Crippen LogP contribution in [0.3, 0.4) is 0 Å². The number of amides is 1. The highest BCUT2D eigenvalue weighted by Gasteiger charge is 2.48. The van der Waals surface area contributed by atoms with Crippen molar-refractivity contribution in [2.24, 2.45) is 11.8 Å². The number of benzene rings is 1. The molecule has 190 valence electrons. The Balaban J connectivity index is 1.48. The van der Waals surface area contributed by atoms with Gasteiger partial charge in [0.05, 0.1) is 22.6 Å². The smallest absolute Gasteiger partial charge is 0.416 e. The molecule has 8 nitrogen and oxygen atoms in total. The number of fused-ring (bicyclic) bond motifs is 1. The quantitative estimate of drug-likeness (QED) is 0.638. The molecule has 12 heteroatoms. The maximum Gasteiger partial charge on any atom is 0.416 e. The monoisotopic (exact) mass is 505 g/mol. The lowest BCUT2D eigenvalue weighted by atomic mass is 9.96. The number of nitrogens with zero attached hydrogens (tertiary/aromatic N) is 2. The minimum absolute atomic E-state index is 0.0304. The number of hydrogen-bond donors (Lipinski definition) is 2. The van der Waals surface area contributed by atoms with Crippen molar-refractivity contribution in [3.05, 3.63) is 29.8 Å². The largest absolute Gasteiger partial charge is 0.465 e. The van der Waals surface area contributed by atoms with E-state index in [9.17, 15) is 31.5 Å². The predicted molar refractivity (Wildman–Crippen MR) is 116 cm³/mol. The highest BCUT2D eigenvalue weighted by molar-refractivity contribution is 7.89. The topological polar surface area (TPSA) is 99.2 Å². The van der Waals surface area contributed by atoms with E-state index in [0.29, 0.717) is 12.5 Å². The summed E-state index contributed by atoms with van der Waals surface area (Å²) in [7, 11) is -2.56. The average molecular weight is 506 g/mol. The molecule has 2 heterocycles. The van der Waals surface area contributed by atoms with Crippen molar-refractivity contribution in [2.45, 2.75) is 68.1 Å². The molecule has 0 radical (unpaired) electrons. The van der Waals surface area contributed by atoms with E-state index in [2.05, 4.69) is 5.32 Å². The summed E-state index contributed by atoms with van der Waals surface area (Å²) in [6.45, 7) is 2.38. The van der Waals surface area contributed by atoms with Crippen LogP contribution in [0.1, 0.15) is 38.2 Å². The molecule has 3 aliphatic rings. The van der Waals surface area contributed by atoms with Crippen LogP contribution in [0.2, 0.25) is 0 Å². The molecule has 34 heavy (non-hydrogen) atoms. The van der Waals surface area contributed by atoms with Crippen molar-refractivity contribution in [3.63, 3.8) is 0 Å². The first-order valence-electron chi connectivity index (χ1n) is 11.4. The summed E-state index contributed by atoms with van der Waals surface area (Å²) in [5, 5.41) is 12.9. The zero-order valence-corrected chi connectivity index (χ0v) is 19.8. The van der Waals surface area contributed by atoms with Crippen LogP contribution in [-0.2, 0) is 20.9 Å². The molecule has 1 aliphatic carbocycles. The van der Waals surface area contributed by atoms with Gasteiger partial charge in [-0.1, -0.05) is 6.07 Å². The number of ether oxygens (including phenoxy) is 1. The van der Waals surface area contributed by atoms with E-state index in [1.807, 2.05) is 6.92 Å². The highest BCUT2D eigenvalue weighted by atomic mass is 32.2. The standard InChI is InChI=1S/C22H30F3N3O5S/c1-13-6-9-19(27(2)21(29)30)20(33-13)26-18-8-7-14-11-28(12-17(14)18)34(31,32)16-5-3-4-15(10-16)22(23,24)25/h3-5,10,13-14,17-20,26H,6-9,11-12H2,1-2H3,(H,29,30)/t13?,14-,17+,18+,19?,20?/m1/s1. The molecule has 2 aliphatic heterocycles. The third-order valence-electron chi connectivity index (χ3n) is 7.40. The van der Waals surface area contributed by atoms with Crippen LogP contribution in [0.25, 0.3) is 0 Å². The average Bonchev–Trinajstić information content (AvgIpc) is 3.35. The second-order valence-corrected chi connectivity index (χ2v) is 11.5. The molecule has 1 amide bonds. The summed E-state index contributed by atoms with van der Waals surface area (Å²) in [6, 6.07) is 3.40. The molecule has 0 bridgehead atoms. The zero-order valence-electron chi connectivity index (χ0n) is 19.0. The molecule has 6 atom stereocenters. The molecular formula is C22H30F3N3O5S. The minimum Gasteiger partial charge on any atom is -0.465 e. The first kappa shape index (κ1) is 25.2. The lowest BCUT2D eigenvalue weighted by molar-refractivity contribution is -0.137. The van der Waals surface area contributed by atoms with E-state index >= 15 is 0 Å². The number of likely N-dealkylation sites (N-methyl/N-ethyl adjacent to an activating group) is 1. The second kappa shape index (κ2) is 9.29. The maximum atomic E-state index is 13.1. The summed E-state index contributed by atoms with van der Waals surface area (Å²) < 4.78 is 72.9. The van der Waals surface area contributed by atoms with Gasteiger partial charge in [0.15, 0.2) is 0 Å². The first-order valence-corrected chi connectivity index (χ1v) is 12.9. The predicted octanol–water partition coefficient (Wildman–Crippen LogP) is 3.20. The van der Waals surface area contributed by atoms with Gasteiger partial charge in [0.2, 0.25) is 10.0 Å². The number of alkyl halides is 3.